The van der Waals surface area contributed by atoms with E-state index in [9.17, 15) is 76.8 Å². The first kappa shape index (κ1) is 91.5. The molecule has 6 aliphatic carbocycles. The molecule has 6 aromatic heterocycles. The standard InChI is InChI=1S/2C18H22FN3O3S.4C9H11FN2O3S/c2*1-12-8-15(25-2)7-6-13(12)9-22-26(23,24)17-5-3-4-16(17)18-20-10-14(19)11-21-18;4*10-6-4-11-9(12-5-6)7-2-1-3-8(7)16(13,14)15/h2*6-8,10-11,16-17,22H,3-5,9H2,1-2H3;4*4-5,7-8H,1-3H2,(H,13,14,15)/t2*16-,17+;2*7-,8+;2*7-,8-/m101010/s1. The summed E-state index contributed by atoms with van der Waals surface area (Å²) in [6.45, 7) is 4.26. The molecule has 0 amide bonds. The maximum Gasteiger partial charge on any atom is 0.268 e. The van der Waals surface area contributed by atoms with Gasteiger partial charge in [0.1, 0.15) is 46.4 Å². The van der Waals surface area contributed by atoms with Gasteiger partial charge in [-0.05, 0) is 137 Å². The number of methoxy groups -OCH3 is 2. The van der Waals surface area contributed by atoms with Gasteiger partial charge in [-0.25, -0.2) is 112 Å². The molecule has 0 spiro atoms. The van der Waals surface area contributed by atoms with Crippen LogP contribution in [0.2, 0.25) is 0 Å². The highest BCUT2D eigenvalue weighted by Crippen LogP contribution is 2.42. The molecule has 6 aliphatic rings. The van der Waals surface area contributed by atoms with E-state index in [1.807, 2.05) is 38.1 Å². The fraction of sp³-hybridized carbons (Fsp3) is 0.500. The Balaban J connectivity index is 0.000000161. The van der Waals surface area contributed by atoms with E-state index in [2.05, 4.69) is 69.3 Å². The lowest BCUT2D eigenvalue weighted by Gasteiger charge is -2.19. The van der Waals surface area contributed by atoms with Crippen molar-refractivity contribution in [3.05, 3.63) is 203 Å². The van der Waals surface area contributed by atoms with Crippen LogP contribution in [0, 0.1) is 48.8 Å². The number of aryl methyl sites for hydroxylation is 2. The summed E-state index contributed by atoms with van der Waals surface area (Å²) >= 11 is 0. The van der Waals surface area contributed by atoms with E-state index in [0.29, 0.717) is 114 Å². The van der Waals surface area contributed by atoms with Crippen LogP contribution in [0.3, 0.4) is 0 Å². The highest BCUT2D eigenvalue weighted by atomic mass is 32.2. The second kappa shape index (κ2) is 40.3. The Bertz CT molecular complexity index is 4810. The third kappa shape index (κ3) is 25.3. The zero-order valence-corrected chi connectivity index (χ0v) is 67.9. The van der Waals surface area contributed by atoms with Crippen LogP contribution in [-0.2, 0) is 73.6 Å². The summed E-state index contributed by atoms with van der Waals surface area (Å²) in [5, 5.41) is -4.66. The molecule has 6 heterocycles. The number of benzene rings is 2. The average Bonchev–Trinajstić information content (AvgIpc) is 2.00. The Labute approximate surface area is 668 Å². The van der Waals surface area contributed by atoms with Crippen molar-refractivity contribution in [3.63, 3.8) is 0 Å². The van der Waals surface area contributed by atoms with Gasteiger partial charge in [-0.1, -0.05) is 50.7 Å². The summed E-state index contributed by atoms with van der Waals surface area (Å²) in [6, 6.07) is 11.1. The Morgan fingerprint density at radius 3 is 0.664 bits per heavy atom. The number of rotatable bonds is 20. The van der Waals surface area contributed by atoms with Crippen LogP contribution in [-0.4, -0.2) is 174 Å². The monoisotopic (exact) mass is 1740 g/mol. The summed E-state index contributed by atoms with van der Waals surface area (Å²) in [5.74, 6) is -2.32. The minimum Gasteiger partial charge on any atom is -0.497 e. The number of nitrogens with zero attached hydrogens (tertiary/aromatic N) is 12. The zero-order chi connectivity index (χ0) is 84.5. The van der Waals surface area contributed by atoms with Crippen molar-refractivity contribution in [2.45, 2.75) is 210 Å². The molecule has 14 rings (SSSR count). The number of aromatic nitrogens is 12. The van der Waals surface area contributed by atoms with Gasteiger partial charge in [0.2, 0.25) is 20.0 Å². The quantitative estimate of drug-likeness (QED) is 0.0305. The van der Waals surface area contributed by atoms with Crippen LogP contribution in [0.15, 0.2) is 111 Å². The van der Waals surface area contributed by atoms with E-state index < -0.39 is 151 Å². The van der Waals surface area contributed by atoms with Gasteiger partial charge in [-0.3, -0.25) is 18.2 Å². The van der Waals surface area contributed by atoms with Crippen LogP contribution in [0.1, 0.15) is 208 Å². The summed E-state index contributed by atoms with van der Waals surface area (Å²) in [5.41, 5.74) is 3.69. The second-order valence-electron chi connectivity index (χ2n) is 28.4. The summed E-state index contributed by atoms with van der Waals surface area (Å²) in [6.07, 6.45) is 23.0. The maximum atomic E-state index is 13.0. The van der Waals surface area contributed by atoms with Crippen molar-refractivity contribution in [1.29, 1.82) is 0 Å². The number of nitrogens with one attached hydrogen (secondary N) is 2. The first-order valence-electron chi connectivity index (χ1n) is 36.7. The largest absolute Gasteiger partial charge is 0.497 e. The van der Waals surface area contributed by atoms with Crippen LogP contribution in [0.5, 0.6) is 11.5 Å². The second-order valence-corrected chi connectivity index (χ2v) is 38.9. The number of sulfonamides is 2. The Morgan fingerprint density at radius 2 is 0.491 bits per heavy atom. The van der Waals surface area contributed by atoms with Crippen molar-refractivity contribution in [1.82, 2.24) is 69.3 Å². The lowest BCUT2D eigenvalue weighted by atomic mass is 10.1. The smallest absolute Gasteiger partial charge is 0.268 e. The summed E-state index contributed by atoms with van der Waals surface area (Å²) in [4.78, 5) is 46.0. The molecule has 6 saturated carbocycles. The van der Waals surface area contributed by atoms with Crippen LogP contribution < -0.4 is 18.9 Å². The number of halogens is 6. The van der Waals surface area contributed by atoms with Crippen LogP contribution in [0.25, 0.3) is 0 Å². The topological polar surface area (TPSA) is 483 Å². The van der Waals surface area contributed by atoms with Crippen molar-refractivity contribution in [2.24, 2.45) is 0 Å². The van der Waals surface area contributed by atoms with Gasteiger partial charge in [0, 0.05) is 48.6 Å². The molecule has 8 aromatic rings. The van der Waals surface area contributed by atoms with Crippen LogP contribution >= 0.6 is 0 Å². The maximum absolute atomic E-state index is 13.0. The average molecular weight is 1740 g/mol. The predicted molar refractivity (Wildman–Crippen MR) is 407 cm³/mol. The summed E-state index contributed by atoms with van der Waals surface area (Å²) < 4.78 is 269. The van der Waals surface area contributed by atoms with E-state index in [4.69, 9.17) is 27.7 Å². The normalized spacial score (nSPS) is 23.4. The number of hydrogen-bond donors (Lipinski definition) is 6. The Hall–Kier alpha value is -8.44. The predicted octanol–water partition coefficient (Wildman–Crippen LogP) is 9.94. The van der Waals surface area contributed by atoms with Gasteiger partial charge < -0.3 is 9.47 Å². The van der Waals surface area contributed by atoms with E-state index in [0.717, 1.165) is 121 Å². The Morgan fingerprint density at radius 1 is 0.310 bits per heavy atom. The molecule has 2 aromatic carbocycles. The molecule has 116 heavy (non-hydrogen) atoms. The molecule has 0 bridgehead atoms. The SMILES string of the molecule is COc1ccc(CNS(=O)(=O)[C@@H]2CCC[C@@H]2c2ncc(F)cn2)c(C)c1.COc1ccc(CNS(=O)(=O)[C@H]2CCC[C@H]2c2ncc(F)cn2)c(C)c1.O=S(=O)(O)[C@@H]1CCC[C@@H]1c1ncc(F)cn1.O=S(=O)(O)[C@@H]1CCC[C@H]1c1ncc(F)cn1.O=S(=O)(O)[C@H]1CCC[C@@H]1c1ncc(F)cn1.O=S(=O)(O)[C@H]1CCC[C@H]1c1ncc(F)cn1. The van der Waals surface area contributed by atoms with E-state index >= 15 is 0 Å². The molecule has 0 radical (unpaired) electrons. The first-order valence-corrected chi connectivity index (χ1v) is 45.8. The number of ether oxygens (including phenoxy) is 2. The third-order valence-corrected chi connectivity index (χ3v) is 30.0. The number of hydrogen-bond acceptors (Lipinski definition) is 26. The molecule has 6 fully saturated rings. The van der Waals surface area contributed by atoms with E-state index in [1.165, 1.54) is 0 Å². The van der Waals surface area contributed by atoms with Crippen molar-refractivity contribution in [3.8, 4) is 11.5 Å². The van der Waals surface area contributed by atoms with E-state index in [-0.39, 0.29) is 48.2 Å². The minimum atomic E-state index is -4.08. The lowest BCUT2D eigenvalue weighted by molar-refractivity contribution is 0.414. The van der Waals surface area contributed by atoms with Gasteiger partial charge in [0.15, 0.2) is 34.9 Å². The molecule has 6 N–H and O–H groups in total. The summed E-state index contributed by atoms with van der Waals surface area (Å²) in [7, 11) is -20.3. The molecule has 0 unspecified atom stereocenters. The van der Waals surface area contributed by atoms with Crippen molar-refractivity contribution < 1.29 is 105 Å². The van der Waals surface area contributed by atoms with Crippen LogP contribution in [0.4, 0.5) is 26.3 Å². The fourth-order valence-electron chi connectivity index (χ4n) is 15.1. The third-order valence-electron chi connectivity index (χ3n) is 20.9. The van der Waals surface area contributed by atoms with E-state index in [1.54, 1.807) is 26.4 Å². The van der Waals surface area contributed by atoms with Crippen molar-refractivity contribution >= 4 is 60.5 Å². The first-order chi connectivity index (χ1) is 54.7. The van der Waals surface area contributed by atoms with Gasteiger partial charge in [0.25, 0.3) is 40.5 Å². The molecular formula is C72H88F6N14O18S6. The van der Waals surface area contributed by atoms with Gasteiger partial charge in [-0.15, -0.1) is 0 Å². The molecular weight excluding hydrogens is 1660 g/mol. The van der Waals surface area contributed by atoms with Crippen molar-refractivity contribution in [2.75, 3.05) is 14.2 Å². The van der Waals surface area contributed by atoms with Gasteiger partial charge in [-0.2, -0.15) is 33.7 Å². The fourth-order valence-corrected chi connectivity index (χ4v) is 23.2. The van der Waals surface area contributed by atoms with Gasteiger partial charge >= 0.3 is 0 Å². The molecule has 632 valence electrons. The molecule has 0 saturated heterocycles. The molecule has 0 aliphatic heterocycles. The molecule has 12 atom stereocenters. The minimum absolute atomic E-state index is 0.214. The highest BCUT2D eigenvalue weighted by Gasteiger charge is 2.45. The molecule has 44 heteroatoms. The molecule has 32 nitrogen and oxygen atoms in total. The van der Waals surface area contributed by atoms with Gasteiger partial charge in [0.05, 0.1) is 120 Å². The Kier molecular flexibility index (Phi) is 31.8. The zero-order valence-electron chi connectivity index (χ0n) is 63.1. The lowest BCUT2D eigenvalue weighted by Crippen LogP contribution is -2.36. The highest BCUT2D eigenvalue weighted by molar-refractivity contribution is 7.90.